The number of hydrogen-bond donors (Lipinski definition) is 1. The zero-order valence-electron chi connectivity index (χ0n) is 9.50. The Balaban J connectivity index is 1.71. The van der Waals surface area contributed by atoms with Crippen LogP contribution >= 0.6 is 0 Å². The topological polar surface area (TPSA) is 38.3 Å². The third-order valence-electron chi connectivity index (χ3n) is 3.64. The first kappa shape index (κ1) is 10.9. The smallest absolute Gasteiger partial charge is 0.306 e. The standard InChI is InChI=1S/C12H21NO2/c1-9-4-2-3-5-11(9)15-12(14)6-10-7-13-8-10/h9-11,13H,2-8H2,1H3. The van der Waals surface area contributed by atoms with Crippen LogP contribution < -0.4 is 5.32 Å². The predicted molar refractivity (Wildman–Crippen MR) is 58.5 cm³/mol. The Kier molecular flexibility index (Phi) is 3.62. The first-order valence-corrected chi connectivity index (χ1v) is 6.16. The minimum absolute atomic E-state index is 0.0141. The second kappa shape index (κ2) is 4.97. The lowest BCUT2D eigenvalue weighted by Crippen LogP contribution is -2.43. The van der Waals surface area contributed by atoms with E-state index in [1.54, 1.807) is 0 Å². The number of carbonyl (C=O) groups excluding carboxylic acids is 1. The van der Waals surface area contributed by atoms with Crippen LogP contribution in [0.2, 0.25) is 0 Å². The van der Waals surface area contributed by atoms with Crippen LogP contribution in [0.15, 0.2) is 0 Å². The molecule has 0 amide bonds. The summed E-state index contributed by atoms with van der Waals surface area (Å²) in [5, 5.41) is 3.17. The summed E-state index contributed by atoms with van der Waals surface area (Å²) in [7, 11) is 0. The molecule has 0 spiro atoms. The van der Waals surface area contributed by atoms with Crippen LogP contribution in [0.4, 0.5) is 0 Å². The van der Waals surface area contributed by atoms with Gasteiger partial charge in [-0.3, -0.25) is 4.79 Å². The molecule has 86 valence electrons. The lowest BCUT2D eigenvalue weighted by atomic mass is 9.88. The van der Waals surface area contributed by atoms with Gasteiger partial charge in [-0.15, -0.1) is 0 Å². The Morgan fingerprint density at radius 2 is 2.07 bits per heavy atom. The fourth-order valence-corrected chi connectivity index (χ4v) is 2.40. The molecule has 2 aliphatic rings. The molecule has 1 saturated heterocycles. The van der Waals surface area contributed by atoms with E-state index in [1.165, 1.54) is 19.3 Å². The van der Waals surface area contributed by atoms with Crippen molar-refractivity contribution in [1.82, 2.24) is 5.32 Å². The maximum atomic E-state index is 11.6. The highest BCUT2D eigenvalue weighted by Crippen LogP contribution is 2.27. The van der Waals surface area contributed by atoms with E-state index in [2.05, 4.69) is 12.2 Å². The van der Waals surface area contributed by atoms with Gasteiger partial charge >= 0.3 is 5.97 Å². The second-order valence-corrected chi connectivity index (χ2v) is 5.02. The van der Waals surface area contributed by atoms with Gasteiger partial charge in [0.1, 0.15) is 6.10 Å². The van der Waals surface area contributed by atoms with Crippen molar-refractivity contribution in [2.75, 3.05) is 13.1 Å². The van der Waals surface area contributed by atoms with Crippen molar-refractivity contribution in [3.63, 3.8) is 0 Å². The average molecular weight is 211 g/mol. The van der Waals surface area contributed by atoms with Crippen LogP contribution in [0.3, 0.4) is 0 Å². The molecule has 0 radical (unpaired) electrons. The van der Waals surface area contributed by atoms with Gasteiger partial charge in [-0.05, 0) is 44.2 Å². The average Bonchev–Trinajstić information content (AvgIpc) is 2.16. The van der Waals surface area contributed by atoms with Crippen LogP contribution in [-0.4, -0.2) is 25.2 Å². The molecule has 1 aliphatic carbocycles. The molecule has 0 aromatic rings. The van der Waals surface area contributed by atoms with Gasteiger partial charge in [-0.1, -0.05) is 13.3 Å². The molecule has 1 aliphatic heterocycles. The number of nitrogens with one attached hydrogen (secondary N) is 1. The number of ether oxygens (including phenoxy) is 1. The highest BCUT2D eigenvalue weighted by Gasteiger charge is 2.27. The molecule has 0 aromatic heterocycles. The van der Waals surface area contributed by atoms with Gasteiger partial charge in [-0.25, -0.2) is 0 Å². The first-order chi connectivity index (χ1) is 7.25. The zero-order valence-corrected chi connectivity index (χ0v) is 9.50. The van der Waals surface area contributed by atoms with Gasteiger partial charge < -0.3 is 10.1 Å². The molecule has 2 fully saturated rings. The summed E-state index contributed by atoms with van der Waals surface area (Å²) >= 11 is 0. The minimum Gasteiger partial charge on any atom is -0.462 e. The first-order valence-electron chi connectivity index (χ1n) is 6.16. The van der Waals surface area contributed by atoms with Gasteiger partial charge in [0.2, 0.25) is 0 Å². The van der Waals surface area contributed by atoms with E-state index < -0.39 is 0 Å². The van der Waals surface area contributed by atoms with E-state index in [1.807, 2.05) is 0 Å². The molecular weight excluding hydrogens is 190 g/mol. The minimum atomic E-state index is 0.0141. The third-order valence-corrected chi connectivity index (χ3v) is 3.64. The zero-order chi connectivity index (χ0) is 10.7. The quantitative estimate of drug-likeness (QED) is 0.722. The van der Waals surface area contributed by atoms with Crippen molar-refractivity contribution < 1.29 is 9.53 Å². The number of carbonyl (C=O) groups is 1. The van der Waals surface area contributed by atoms with Crippen molar-refractivity contribution in [3.8, 4) is 0 Å². The Bertz CT molecular complexity index is 226. The lowest BCUT2D eigenvalue weighted by molar-refractivity contribution is -0.154. The van der Waals surface area contributed by atoms with Crippen molar-refractivity contribution in [3.05, 3.63) is 0 Å². The molecule has 3 nitrogen and oxygen atoms in total. The van der Waals surface area contributed by atoms with Gasteiger partial charge in [0.15, 0.2) is 0 Å². The van der Waals surface area contributed by atoms with Crippen LogP contribution in [0.5, 0.6) is 0 Å². The van der Waals surface area contributed by atoms with Crippen molar-refractivity contribution >= 4 is 5.97 Å². The van der Waals surface area contributed by atoms with Crippen LogP contribution in [0, 0.1) is 11.8 Å². The summed E-state index contributed by atoms with van der Waals surface area (Å²) in [6, 6.07) is 0. The Morgan fingerprint density at radius 1 is 1.33 bits per heavy atom. The third kappa shape index (κ3) is 2.94. The van der Waals surface area contributed by atoms with E-state index in [-0.39, 0.29) is 12.1 Å². The molecule has 2 rings (SSSR count). The Labute approximate surface area is 91.6 Å². The maximum Gasteiger partial charge on any atom is 0.306 e. The molecule has 0 aromatic carbocycles. The second-order valence-electron chi connectivity index (χ2n) is 5.02. The molecule has 15 heavy (non-hydrogen) atoms. The van der Waals surface area contributed by atoms with Gasteiger partial charge in [0.05, 0.1) is 6.42 Å². The SMILES string of the molecule is CC1CCCCC1OC(=O)CC1CNC1. The number of hydrogen-bond acceptors (Lipinski definition) is 3. The van der Waals surface area contributed by atoms with Crippen LogP contribution in [0.1, 0.15) is 39.0 Å². The molecule has 1 heterocycles. The van der Waals surface area contributed by atoms with E-state index in [0.717, 1.165) is 19.5 Å². The monoisotopic (exact) mass is 211 g/mol. The van der Waals surface area contributed by atoms with E-state index in [9.17, 15) is 4.79 Å². The molecule has 3 heteroatoms. The summed E-state index contributed by atoms with van der Waals surface area (Å²) in [4.78, 5) is 11.6. The van der Waals surface area contributed by atoms with Gasteiger partial charge in [0.25, 0.3) is 0 Å². The lowest BCUT2D eigenvalue weighted by Gasteiger charge is -2.30. The summed E-state index contributed by atoms with van der Waals surface area (Å²) in [5.74, 6) is 1.10. The molecule has 0 bridgehead atoms. The summed E-state index contributed by atoms with van der Waals surface area (Å²) in [6.07, 6.45) is 5.59. The Morgan fingerprint density at radius 3 is 2.67 bits per heavy atom. The normalized spacial score (nSPS) is 32.1. The fraction of sp³-hybridized carbons (Fsp3) is 0.917. The van der Waals surface area contributed by atoms with Crippen molar-refractivity contribution in [1.29, 1.82) is 0 Å². The number of rotatable bonds is 3. The van der Waals surface area contributed by atoms with E-state index in [0.29, 0.717) is 18.3 Å². The molecule has 2 unspecified atom stereocenters. The predicted octanol–water partition coefficient (Wildman–Crippen LogP) is 1.72. The highest BCUT2D eigenvalue weighted by molar-refractivity contribution is 5.70. The van der Waals surface area contributed by atoms with E-state index in [4.69, 9.17) is 4.74 Å². The van der Waals surface area contributed by atoms with Crippen LogP contribution in [-0.2, 0) is 9.53 Å². The maximum absolute atomic E-state index is 11.6. The van der Waals surface area contributed by atoms with Crippen LogP contribution in [0.25, 0.3) is 0 Å². The molecule has 2 atom stereocenters. The van der Waals surface area contributed by atoms with E-state index >= 15 is 0 Å². The molecular formula is C12H21NO2. The fourth-order valence-electron chi connectivity index (χ4n) is 2.40. The van der Waals surface area contributed by atoms with Gasteiger partial charge in [0, 0.05) is 0 Å². The van der Waals surface area contributed by atoms with Crippen molar-refractivity contribution in [2.45, 2.75) is 45.1 Å². The summed E-state index contributed by atoms with van der Waals surface area (Å²) in [6.45, 7) is 4.16. The summed E-state index contributed by atoms with van der Waals surface area (Å²) < 4.78 is 5.54. The highest BCUT2D eigenvalue weighted by atomic mass is 16.5. The largest absolute Gasteiger partial charge is 0.462 e. The Hall–Kier alpha value is -0.570. The van der Waals surface area contributed by atoms with Crippen molar-refractivity contribution in [2.24, 2.45) is 11.8 Å². The van der Waals surface area contributed by atoms with Gasteiger partial charge in [-0.2, -0.15) is 0 Å². The summed E-state index contributed by atoms with van der Waals surface area (Å²) in [5.41, 5.74) is 0. The molecule has 1 N–H and O–H groups in total. The number of esters is 1. The molecule has 1 saturated carbocycles.